The number of hydrogen-bond donors (Lipinski definition) is 0. The maximum absolute atomic E-state index is 5.49. The zero-order valence-corrected chi connectivity index (χ0v) is 8.74. The summed E-state index contributed by atoms with van der Waals surface area (Å²) in [5.74, 6) is 1.84. The molecule has 0 atom stereocenters. The van der Waals surface area contributed by atoms with E-state index in [4.69, 9.17) is 9.47 Å². The molecule has 3 rings (SSSR count). The summed E-state index contributed by atoms with van der Waals surface area (Å²) in [6.45, 7) is 3.79. The van der Waals surface area contributed by atoms with Gasteiger partial charge in [0.25, 0.3) is 0 Å². The summed E-state index contributed by atoms with van der Waals surface area (Å²) in [7, 11) is 0. The smallest absolute Gasteiger partial charge is 0.231 e. The van der Waals surface area contributed by atoms with E-state index < -0.39 is 0 Å². The van der Waals surface area contributed by atoms with E-state index >= 15 is 0 Å². The number of ether oxygens (including phenoxy) is 2. The largest absolute Gasteiger partial charge is 0.454 e. The molecule has 2 heterocycles. The van der Waals surface area contributed by atoms with Gasteiger partial charge in [0.2, 0.25) is 6.79 Å². The fourth-order valence-corrected chi connectivity index (χ4v) is 2.30. The lowest BCUT2D eigenvalue weighted by atomic mass is 10.2. The number of fused-ring (bicyclic) bond motifs is 1. The van der Waals surface area contributed by atoms with Gasteiger partial charge in [0.05, 0.1) is 0 Å². The summed E-state index contributed by atoms with van der Waals surface area (Å²) in [5, 5.41) is 0. The van der Waals surface area contributed by atoms with Crippen molar-refractivity contribution in [2.45, 2.75) is 19.4 Å². The summed E-state index contributed by atoms with van der Waals surface area (Å²) >= 11 is 0. The highest BCUT2D eigenvalue weighted by Gasteiger charge is 2.20. The number of hydrogen-bond acceptors (Lipinski definition) is 3. The van der Waals surface area contributed by atoms with Crippen molar-refractivity contribution in [1.29, 1.82) is 0 Å². The quantitative estimate of drug-likeness (QED) is 0.737. The Kier molecular flexibility index (Phi) is 2.25. The van der Waals surface area contributed by atoms with Crippen molar-refractivity contribution in [2.75, 3.05) is 19.9 Å². The molecule has 3 heteroatoms. The standard InChI is InChI=1S/C12H15NO2/c1-2-7-13(6-1)8-10-4-3-5-11-12(10)15-9-14-11/h3-5H,1-2,6-9H2. The van der Waals surface area contributed by atoms with Crippen molar-refractivity contribution in [3.05, 3.63) is 23.8 Å². The van der Waals surface area contributed by atoms with Crippen LogP contribution in [0.3, 0.4) is 0 Å². The number of likely N-dealkylation sites (tertiary alicyclic amines) is 1. The molecule has 1 aromatic carbocycles. The van der Waals surface area contributed by atoms with E-state index in [0.717, 1.165) is 18.0 Å². The highest BCUT2D eigenvalue weighted by Crippen LogP contribution is 2.36. The fraction of sp³-hybridized carbons (Fsp3) is 0.500. The van der Waals surface area contributed by atoms with Gasteiger partial charge in [0.15, 0.2) is 11.5 Å². The number of rotatable bonds is 2. The van der Waals surface area contributed by atoms with Crippen LogP contribution in [0.15, 0.2) is 18.2 Å². The average molecular weight is 205 g/mol. The number of nitrogens with zero attached hydrogens (tertiary/aromatic N) is 1. The summed E-state index contributed by atoms with van der Waals surface area (Å²) < 4.78 is 10.9. The van der Waals surface area contributed by atoms with Crippen molar-refractivity contribution in [2.24, 2.45) is 0 Å². The Morgan fingerprint density at radius 1 is 1.13 bits per heavy atom. The Morgan fingerprint density at radius 2 is 2.00 bits per heavy atom. The van der Waals surface area contributed by atoms with Gasteiger partial charge in [-0.3, -0.25) is 4.90 Å². The lowest BCUT2D eigenvalue weighted by molar-refractivity contribution is 0.172. The highest BCUT2D eigenvalue weighted by molar-refractivity contribution is 5.48. The minimum atomic E-state index is 0.367. The second kappa shape index (κ2) is 3.74. The number of para-hydroxylation sites is 1. The predicted molar refractivity (Wildman–Crippen MR) is 57.1 cm³/mol. The van der Waals surface area contributed by atoms with Crippen molar-refractivity contribution in [3.8, 4) is 11.5 Å². The molecule has 0 saturated carbocycles. The Labute approximate surface area is 89.6 Å². The van der Waals surface area contributed by atoms with Crippen molar-refractivity contribution >= 4 is 0 Å². The molecule has 0 N–H and O–H groups in total. The molecular formula is C12H15NO2. The van der Waals surface area contributed by atoms with E-state index in [0.29, 0.717) is 6.79 Å². The van der Waals surface area contributed by atoms with Crippen molar-refractivity contribution < 1.29 is 9.47 Å². The van der Waals surface area contributed by atoms with E-state index in [9.17, 15) is 0 Å². The lowest BCUT2D eigenvalue weighted by Gasteiger charge is -2.15. The fourth-order valence-electron chi connectivity index (χ4n) is 2.30. The molecule has 1 aromatic rings. The molecule has 0 aliphatic carbocycles. The van der Waals surface area contributed by atoms with Crippen LogP contribution in [0.5, 0.6) is 11.5 Å². The van der Waals surface area contributed by atoms with Gasteiger partial charge in [0.1, 0.15) is 0 Å². The molecule has 0 unspecified atom stereocenters. The van der Waals surface area contributed by atoms with E-state index in [-0.39, 0.29) is 0 Å². The van der Waals surface area contributed by atoms with Crippen LogP contribution in [-0.4, -0.2) is 24.8 Å². The maximum Gasteiger partial charge on any atom is 0.231 e. The summed E-state index contributed by atoms with van der Waals surface area (Å²) in [6.07, 6.45) is 2.65. The Hall–Kier alpha value is -1.22. The zero-order chi connectivity index (χ0) is 10.1. The van der Waals surface area contributed by atoms with Crippen LogP contribution in [0.4, 0.5) is 0 Å². The van der Waals surface area contributed by atoms with Gasteiger partial charge in [0, 0.05) is 12.1 Å². The first-order valence-corrected chi connectivity index (χ1v) is 5.53. The van der Waals surface area contributed by atoms with E-state index in [1.165, 1.54) is 31.5 Å². The third-order valence-electron chi connectivity index (χ3n) is 3.07. The van der Waals surface area contributed by atoms with Gasteiger partial charge in [-0.05, 0) is 32.0 Å². The van der Waals surface area contributed by atoms with Gasteiger partial charge in [-0.2, -0.15) is 0 Å². The predicted octanol–water partition coefficient (Wildman–Crippen LogP) is 2.01. The SMILES string of the molecule is c1cc(CN2CCCC2)c2c(c1)OCO2. The Balaban J connectivity index is 1.82. The molecule has 1 fully saturated rings. The van der Waals surface area contributed by atoms with Crippen LogP contribution in [0.25, 0.3) is 0 Å². The summed E-state index contributed by atoms with van der Waals surface area (Å²) in [6, 6.07) is 6.14. The van der Waals surface area contributed by atoms with Crippen molar-refractivity contribution in [3.63, 3.8) is 0 Å². The number of benzene rings is 1. The molecule has 0 amide bonds. The molecule has 15 heavy (non-hydrogen) atoms. The van der Waals surface area contributed by atoms with Crippen molar-refractivity contribution in [1.82, 2.24) is 4.90 Å². The van der Waals surface area contributed by atoms with Gasteiger partial charge < -0.3 is 9.47 Å². The van der Waals surface area contributed by atoms with Gasteiger partial charge in [-0.15, -0.1) is 0 Å². The minimum Gasteiger partial charge on any atom is -0.454 e. The second-order valence-corrected chi connectivity index (χ2v) is 4.13. The summed E-state index contributed by atoms with van der Waals surface area (Å²) in [5.41, 5.74) is 1.26. The zero-order valence-electron chi connectivity index (χ0n) is 8.74. The van der Waals surface area contributed by atoms with E-state index in [1.54, 1.807) is 0 Å². The van der Waals surface area contributed by atoms with Gasteiger partial charge in [-0.1, -0.05) is 12.1 Å². The molecule has 0 radical (unpaired) electrons. The molecule has 0 bridgehead atoms. The highest BCUT2D eigenvalue weighted by atomic mass is 16.7. The molecule has 1 saturated heterocycles. The molecule has 2 aliphatic rings. The first-order valence-electron chi connectivity index (χ1n) is 5.53. The third kappa shape index (κ3) is 1.67. The topological polar surface area (TPSA) is 21.7 Å². The minimum absolute atomic E-state index is 0.367. The Bertz CT molecular complexity index is 359. The van der Waals surface area contributed by atoms with E-state index in [2.05, 4.69) is 11.0 Å². The molecule has 80 valence electrons. The van der Waals surface area contributed by atoms with Crippen LogP contribution in [0, 0.1) is 0 Å². The normalized spacial score (nSPS) is 19.7. The molecule has 3 nitrogen and oxygen atoms in total. The first kappa shape index (κ1) is 9.04. The van der Waals surface area contributed by atoms with Crippen LogP contribution in [0.1, 0.15) is 18.4 Å². The molecule has 0 aromatic heterocycles. The van der Waals surface area contributed by atoms with Crippen LogP contribution >= 0.6 is 0 Å². The Morgan fingerprint density at radius 3 is 2.87 bits per heavy atom. The van der Waals surface area contributed by atoms with Crippen LogP contribution in [0.2, 0.25) is 0 Å². The molecule has 0 spiro atoms. The third-order valence-corrected chi connectivity index (χ3v) is 3.07. The maximum atomic E-state index is 5.49. The molecular weight excluding hydrogens is 190 g/mol. The van der Waals surface area contributed by atoms with E-state index in [1.807, 2.05) is 12.1 Å². The van der Waals surface area contributed by atoms with Gasteiger partial charge in [-0.25, -0.2) is 0 Å². The lowest BCUT2D eigenvalue weighted by Crippen LogP contribution is -2.18. The van der Waals surface area contributed by atoms with Crippen LogP contribution in [-0.2, 0) is 6.54 Å². The average Bonchev–Trinajstić information content (AvgIpc) is 2.87. The second-order valence-electron chi connectivity index (χ2n) is 4.13. The van der Waals surface area contributed by atoms with Gasteiger partial charge >= 0.3 is 0 Å². The first-order chi connectivity index (χ1) is 7.43. The monoisotopic (exact) mass is 205 g/mol. The molecule has 2 aliphatic heterocycles. The van der Waals surface area contributed by atoms with Crippen LogP contribution < -0.4 is 9.47 Å². The summed E-state index contributed by atoms with van der Waals surface area (Å²) in [4.78, 5) is 2.47.